The Labute approximate surface area is 188 Å². The summed E-state index contributed by atoms with van der Waals surface area (Å²) < 4.78 is 34.5. The number of halogens is 2. The number of hydrogen-bond acceptors (Lipinski definition) is 5. The SMILES string of the molecule is O=c1ccc(-c2cc(F)cc(F)c2)nn1Cc1cccc(-c2ncc(C3CCNCC3)o2)c1. The lowest BCUT2D eigenvalue weighted by Crippen LogP contribution is -2.26. The Morgan fingerprint density at radius 3 is 2.58 bits per heavy atom. The zero-order chi connectivity index (χ0) is 22.8. The molecule has 0 radical (unpaired) electrons. The highest BCUT2D eigenvalue weighted by Gasteiger charge is 2.20. The molecule has 1 aliphatic heterocycles. The molecule has 0 saturated carbocycles. The average Bonchev–Trinajstić information content (AvgIpc) is 3.31. The van der Waals surface area contributed by atoms with E-state index in [-0.39, 0.29) is 17.7 Å². The molecule has 6 nitrogen and oxygen atoms in total. The van der Waals surface area contributed by atoms with E-state index in [0.717, 1.165) is 48.9 Å². The minimum absolute atomic E-state index is 0.195. The predicted octanol–water partition coefficient (Wildman–Crippen LogP) is 4.36. The van der Waals surface area contributed by atoms with E-state index in [1.54, 1.807) is 6.20 Å². The fraction of sp³-hybridized carbons (Fsp3) is 0.240. The van der Waals surface area contributed by atoms with Crippen LogP contribution in [0.4, 0.5) is 8.78 Å². The van der Waals surface area contributed by atoms with Crippen LogP contribution in [-0.2, 0) is 6.54 Å². The molecule has 1 aliphatic rings. The van der Waals surface area contributed by atoms with Crippen LogP contribution in [0.3, 0.4) is 0 Å². The Morgan fingerprint density at radius 1 is 1.00 bits per heavy atom. The first-order valence-corrected chi connectivity index (χ1v) is 10.9. The van der Waals surface area contributed by atoms with Crippen molar-refractivity contribution in [1.29, 1.82) is 0 Å². The Hall–Kier alpha value is -3.65. The van der Waals surface area contributed by atoms with Gasteiger partial charge < -0.3 is 9.73 Å². The first kappa shape index (κ1) is 21.2. The number of oxazole rings is 1. The molecule has 1 saturated heterocycles. The van der Waals surface area contributed by atoms with Gasteiger partial charge in [-0.15, -0.1) is 0 Å². The van der Waals surface area contributed by atoms with Crippen molar-refractivity contribution in [2.24, 2.45) is 0 Å². The minimum atomic E-state index is -0.702. The van der Waals surface area contributed by atoms with E-state index in [0.29, 0.717) is 17.5 Å². The lowest BCUT2D eigenvalue weighted by Gasteiger charge is -2.19. The molecule has 0 amide bonds. The second-order valence-electron chi connectivity index (χ2n) is 8.17. The predicted molar refractivity (Wildman–Crippen MR) is 120 cm³/mol. The first-order valence-electron chi connectivity index (χ1n) is 10.9. The summed E-state index contributed by atoms with van der Waals surface area (Å²) in [4.78, 5) is 16.8. The van der Waals surface area contributed by atoms with E-state index >= 15 is 0 Å². The summed E-state index contributed by atoms with van der Waals surface area (Å²) in [6, 6.07) is 13.5. The van der Waals surface area contributed by atoms with Crippen LogP contribution in [-0.4, -0.2) is 27.9 Å². The van der Waals surface area contributed by atoms with Gasteiger partial charge in [0.05, 0.1) is 18.4 Å². The molecule has 3 heterocycles. The topological polar surface area (TPSA) is 73.0 Å². The quantitative estimate of drug-likeness (QED) is 0.491. The van der Waals surface area contributed by atoms with Gasteiger partial charge in [-0.3, -0.25) is 4.79 Å². The van der Waals surface area contributed by atoms with E-state index in [1.165, 1.54) is 28.9 Å². The number of benzene rings is 2. The van der Waals surface area contributed by atoms with Crippen LogP contribution in [0.1, 0.15) is 30.1 Å². The molecule has 1 N–H and O–H groups in total. The van der Waals surface area contributed by atoms with Crippen LogP contribution in [0.15, 0.2) is 70.0 Å². The van der Waals surface area contributed by atoms with Gasteiger partial charge in [0.15, 0.2) is 0 Å². The molecule has 0 atom stereocenters. The van der Waals surface area contributed by atoms with Crippen molar-refractivity contribution in [2.45, 2.75) is 25.3 Å². The minimum Gasteiger partial charge on any atom is -0.441 e. The number of nitrogens with zero attached hydrogens (tertiary/aromatic N) is 3. The fourth-order valence-electron chi connectivity index (χ4n) is 4.11. The lowest BCUT2D eigenvalue weighted by atomic mass is 9.96. The van der Waals surface area contributed by atoms with Crippen molar-refractivity contribution < 1.29 is 13.2 Å². The maximum atomic E-state index is 13.6. The zero-order valence-corrected chi connectivity index (χ0v) is 17.8. The molecule has 2 aromatic heterocycles. The van der Waals surface area contributed by atoms with E-state index in [9.17, 15) is 13.6 Å². The second kappa shape index (κ2) is 9.07. The third kappa shape index (κ3) is 4.75. The molecule has 0 bridgehead atoms. The van der Waals surface area contributed by atoms with Gasteiger partial charge in [0.25, 0.3) is 5.56 Å². The summed E-state index contributed by atoms with van der Waals surface area (Å²) in [5, 5.41) is 7.66. The van der Waals surface area contributed by atoms with Crippen molar-refractivity contribution in [1.82, 2.24) is 20.1 Å². The van der Waals surface area contributed by atoms with Crippen molar-refractivity contribution in [2.75, 3.05) is 13.1 Å². The van der Waals surface area contributed by atoms with Gasteiger partial charge in [-0.25, -0.2) is 18.4 Å². The van der Waals surface area contributed by atoms with Crippen LogP contribution in [0.25, 0.3) is 22.7 Å². The van der Waals surface area contributed by atoms with Gasteiger partial charge in [-0.1, -0.05) is 12.1 Å². The van der Waals surface area contributed by atoms with Gasteiger partial charge in [-0.2, -0.15) is 5.10 Å². The number of nitrogens with one attached hydrogen (secondary N) is 1. The van der Waals surface area contributed by atoms with Crippen molar-refractivity contribution in [3.63, 3.8) is 0 Å². The molecule has 1 fully saturated rings. The smallest absolute Gasteiger partial charge is 0.267 e. The molecule has 0 aliphatic carbocycles. The number of rotatable bonds is 5. The summed E-state index contributed by atoms with van der Waals surface area (Å²) in [6.45, 7) is 2.14. The summed E-state index contributed by atoms with van der Waals surface area (Å²) in [6.07, 6.45) is 3.84. The molecule has 2 aromatic carbocycles. The summed E-state index contributed by atoms with van der Waals surface area (Å²) in [5.41, 5.74) is 1.89. The van der Waals surface area contributed by atoms with Gasteiger partial charge >= 0.3 is 0 Å². The van der Waals surface area contributed by atoms with Crippen LogP contribution in [0, 0.1) is 11.6 Å². The monoisotopic (exact) mass is 448 g/mol. The second-order valence-corrected chi connectivity index (χ2v) is 8.17. The maximum absolute atomic E-state index is 13.6. The molecule has 5 rings (SSSR count). The zero-order valence-electron chi connectivity index (χ0n) is 17.8. The standard InChI is InChI=1S/C25H22F2N4O2/c26-20-11-19(12-21(27)13-20)22-4-5-24(32)31(30-22)15-16-2-1-3-18(10-16)25-29-14-23(33-25)17-6-8-28-9-7-17/h1-5,10-14,17,28H,6-9,15H2. The number of hydrogen-bond donors (Lipinski definition) is 1. The maximum Gasteiger partial charge on any atom is 0.267 e. The highest BCUT2D eigenvalue weighted by atomic mass is 19.1. The molecule has 0 spiro atoms. The molecule has 4 aromatic rings. The van der Waals surface area contributed by atoms with E-state index in [4.69, 9.17) is 4.42 Å². The first-order chi connectivity index (χ1) is 16.0. The Bertz CT molecular complexity index is 1320. The third-order valence-corrected chi connectivity index (χ3v) is 5.80. The van der Waals surface area contributed by atoms with Crippen molar-refractivity contribution in [3.05, 3.63) is 94.1 Å². The van der Waals surface area contributed by atoms with Gasteiger partial charge in [0.2, 0.25) is 5.89 Å². The average molecular weight is 448 g/mol. The fourth-order valence-corrected chi connectivity index (χ4v) is 4.11. The van der Waals surface area contributed by atoms with Crippen LogP contribution >= 0.6 is 0 Å². The highest BCUT2D eigenvalue weighted by molar-refractivity contribution is 5.58. The molecule has 168 valence electrons. The van der Waals surface area contributed by atoms with Gasteiger partial charge in [0, 0.05) is 29.2 Å². The van der Waals surface area contributed by atoms with Crippen molar-refractivity contribution in [3.8, 4) is 22.7 Å². The Balaban J connectivity index is 1.40. The highest BCUT2D eigenvalue weighted by Crippen LogP contribution is 2.29. The van der Waals surface area contributed by atoms with E-state index in [2.05, 4.69) is 15.4 Å². The lowest BCUT2D eigenvalue weighted by molar-refractivity contribution is 0.390. The number of piperidine rings is 1. The number of aromatic nitrogens is 3. The Kier molecular flexibility index (Phi) is 5.83. The normalized spacial score (nSPS) is 14.5. The van der Waals surface area contributed by atoms with Crippen LogP contribution in [0.5, 0.6) is 0 Å². The molecule has 8 heteroatoms. The van der Waals surface area contributed by atoms with E-state index < -0.39 is 11.6 Å². The summed E-state index contributed by atoms with van der Waals surface area (Å²) >= 11 is 0. The van der Waals surface area contributed by atoms with Crippen LogP contribution < -0.4 is 10.9 Å². The van der Waals surface area contributed by atoms with Gasteiger partial charge in [0.1, 0.15) is 17.4 Å². The van der Waals surface area contributed by atoms with Gasteiger partial charge in [-0.05, 0) is 61.8 Å². The molecular formula is C25H22F2N4O2. The third-order valence-electron chi connectivity index (χ3n) is 5.80. The molecular weight excluding hydrogens is 426 g/mol. The van der Waals surface area contributed by atoms with E-state index in [1.807, 2.05) is 24.3 Å². The summed E-state index contributed by atoms with van der Waals surface area (Å²) in [7, 11) is 0. The van der Waals surface area contributed by atoms with Crippen molar-refractivity contribution >= 4 is 0 Å². The Morgan fingerprint density at radius 2 is 1.79 bits per heavy atom. The molecule has 0 unspecified atom stereocenters. The molecule has 33 heavy (non-hydrogen) atoms. The summed E-state index contributed by atoms with van der Waals surface area (Å²) in [5.74, 6) is 0.396. The van der Waals surface area contributed by atoms with Crippen LogP contribution in [0.2, 0.25) is 0 Å². The largest absolute Gasteiger partial charge is 0.441 e.